The van der Waals surface area contributed by atoms with Gasteiger partial charge >= 0.3 is 5.97 Å². The summed E-state index contributed by atoms with van der Waals surface area (Å²) in [5, 5.41) is 9.11. The first kappa shape index (κ1) is 11.3. The van der Waals surface area contributed by atoms with Crippen molar-refractivity contribution in [1.29, 1.82) is 0 Å². The number of rotatable bonds is 3. The molecule has 2 rings (SSSR count). The first-order chi connectivity index (χ1) is 8.11. The topological polar surface area (TPSA) is 76.7 Å². The van der Waals surface area contributed by atoms with E-state index < -0.39 is 5.97 Å². The molecular weight excluding hydrogens is 224 g/mol. The van der Waals surface area contributed by atoms with Crippen molar-refractivity contribution in [3.63, 3.8) is 0 Å². The Balaban J connectivity index is 2.64. The predicted molar refractivity (Wildman–Crippen MR) is 60.2 cm³/mol. The van der Waals surface area contributed by atoms with Gasteiger partial charge in [-0.15, -0.1) is 0 Å². The highest BCUT2D eigenvalue weighted by Crippen LogP contribution is 2.15. The summed E-state index contributed by atoms with van der Waals surface area (Å²) in [6.07, 6.45) is 0. The molecule has 0 bridgehead atoms. The summed E-state index contributed by atoms with van der Waals surface area (Å²) in [7, 11) is 1.56. The summed E-state index contributed by atoms with van der Waals surface area (Å²) in [6.45, 7) is 0.385. The number of carbonyl (C=O) groups is 1. The van der Waals surface area contributed by atoms with Crippen molar-refractivity contribution in [2.45, 2.75) is 6.61 Å². The number of methoxy groups -OCH3 is 1. The third-order valence-corrected chi connectivity index (χ3v) is 2.31. The summed E-state index contributed by atoms with van der Waals surface area (Å²) < 4.78 is 10.0. The highest BCUT2D eigenvalue weighted by atomic mass is 16.5. The molecule has 0 fully saturated rings. The van der Waals surface area contributed by atoms with Crippen LogP contribution in [0, 0.1) is 0 Å². The zero-order chi connectivity index (χ0) is 12.4. The molecule has 0 unspecified atom stereocenters. The van der Waals surface area contributed by atoms with Gasteiger partial charge in [0.15, 0.2) is 5.43 Å². The molecule has 88 valence electrons. The van der Waals surface area contributed by atoms with Gasteiger partial charge in [-0.3, -0.25) is 4.79 Å². The number of fused-ring (bicyclic) bond motifs is 1. The molecule has 0 spiro atoms. The van der Waals surface area contributed by atoms with Crippen molar-refractivity contribution in [2.24, 2.45) is 0 Å². The number of ether oxygens (including phenoxy) is 1. The largest absolute Gasteiger partial charge is 0.475 e. The van der Waals surface area contributed by atoms with Gasteiger partial charge < -0.3 is 14.3 Å². The number of carboxylic acid groups (broad SMARTS) is 1. The van der Waals surface area contributed by atoms with Crippen LogP contribution in [0.25, 0.3) is 11.0 Å². The molecule has 0 aliphatic carbocycles. The summed E-state index contributed by atoms with van der Waals surface area (Å²) >= 11 is 0. The average Bonchev–Trinajstić information content (AvgIpc) is 2.30. The minimum Gasteiger partial charge on any atom is -0.475 e. The third kappa shape index (κ3) is 2.19. The maximum Gasteiger partial charge on any atom is 0.371 e. The molecule has 1 aromatic carbocycles. The Kier molecular flexibility index (Phi) is 2.93. The van der Waals surface area contributed by atoms with Crippen molar-refractivity contribution < 1.29 is 19.1 Å². The van der Waals surface area contributed by atoms with Gasteiger partial charge in [-0.2, -0.15) is 0 Å². The van der Waals surface area contributed by atoms with Gasteiger partial charge in [-0.1, -0.05) is 6.07 Å². The van der Waals surface area contributed by atoms with E-state index in [0.717, 1.165) is 11.6 Å². The van der Waals surface area contributed by atoms with Crippen molar-refractivity contribution in [3.8, 4) is 0 Å². The molecule has 2 aromatic rings. The normalized spacial score (nSPS) is 10.6. The van der Waals surface area contributed by atoms with E-state index in [1.165, 1.54) is 0 Å². The van der Waals surface area contributed by atoms with Crippen molar-refractivity contribution in [1.82, 2.24) is 0 Å². The Labute approximate surface area is 96.2 Å². The zero-order valence-electron chi connectivity index (χ0n) is 9.10. The third-order valence-electron chi connectivity index (χ3n) is 2.31. The van der Waals surface area contributed by atoms with Gasteiger partial charge in [0.05, 0.1) is 12.0 Å². The predicted octanol–water partition coefficient (Wildman–Crippen LogP) is 1.64. The Morgan fingerprint density at radius 2 is 2.18 bits per heavy atom. The molecule has 1 heterocycles. The Morgan fingerprint density at radius 1 is 1.41 bits per heavy atom. The van der Waals surface area contributed by atoms with Crippen LogP contribution in [0.4, 0.5) is 0 Å². The SMILES string of the molecule is COCc1ccc2oc(C(=O)O)cc(=O)c2c1. The van der Waals surface area contributed by atoms with Crippen LogP contribution in [-0.4, -0.2) is 18.2 Å². The molecule has 0 saturated carbocycles. The molecule has 0 aliphatic heterocycles. The molecule has 0 saturated heterocycles. The summed E-state index contributed by atoms with van der Waals surface area (Å²) in [4.78, 5) is 22.4. The van der Waals surface area contributed by atoms with E-state index >= 15 is 0 Å². The molecule has 0 amide bonds. The van der Waals surface area contributed by atoms with Crippen molar-refractivity contribution >= 4 is 16.9 Å². The fraction of sp³-hybridized carbons (Fsp3) is 0.167. The van der Waals surface area contributed by atoms with Gasteiger partial charge in [-0.05, 0) is 17.7 Å². The molecule has 5 heteroatoms. The highest BCUT2D eigenvalue weighted by molar-refractivity contribution is 5.87. The first-order valence-corrected chi connectivity index (χ1v) is 4.91. The van der Waals surface area contributed by atoms with E-state index in [1.54, 1.807) is 25.3 Å². The van der Waals surface area contributed by atoms with Crippen LogP contribution >= 0.6 is 0 Å². The lowest BCUT2D eigenvalue weighted by Gasteiger charge is -2.02. The molecule has 17 heavy (non-hydrogen) atoms. The molecule has 0 radical (unpaired) electrons. The maximum atomic E-state index is 11.7. The quantitative estimate of drug-likeness (QED) is 0.873. The van der Waals surface area contributed by atoms with E-state index in [2.05, 4.69) is 0 Å². The molecule has 0 atom stereocenters. The van der Waals surface area contributed by atoms with E-state index in [9.17, 15) is 9.59 Å². The number of aromatic carboxylic acids is 1. The second-order valence-electron chi connectivity index (χ2n) is 3.54. The van der Waals surface area contributed by atoms with Gasteiger partial charge in [-0.25, -0.2) is 4.79 Å². The van der Waals surface area contributed by atoms with E-state index in [-0.39, 0.29) is 16.8 Å². The lowest BCUT2D eigenvalue weighted by molar-refractivity contribution is 0.0663. The van der Waals surface area contributed by atoms with E-state index in [1.807, 2.05) is 0 Å². The average molecular weight is 234 g/mol. The molecule has 0 aliphatic rings. The fourth-order valence-electron chi connectivity index (χ4n) is 1.57. The summed E-state index contributed by atoms with van der Waals surface area (Å²) in [5.74, 6) is -1.62. The summed E-state index contributed by atoms with van der Waals surface area (Å²) in [5.41, 5.74) is 0.715. The molecule has 5 nitrogen and oxygen atoms in total. The van der Waals surface area contributed by atoms with Crippen molar-refractivity contribution in [3.05, 3.63) is 45.8 Å². The molecule has 1 N–H and O–H groups in total. The Hall–Kier alpha value is -2.14. The van der Waals surface area contributed by atoms with Crippen LogP contribution in [0.15, 0.2) is 33.5 Å². The van der Waals surface area contributed by atoms with Gasteiger partial charge in [0, 0.05) is 13.2 Å². The van der Waals surface area contributed by atoms with Gasteiger partial charge in [0.1, 0.15) is 5.58 Å². The minimum absolute atomic E-state index is 0.259. The smallest absolute Gasteiger partial charge is 0.371 e. The Morgan fingerprint density at radius 3 is 2.82 bits per heavy atom. The van der Waals surface area contributed by atoms with Crippen molar-refractivity contribution in [2.75, 3.05) is 7.11 Å². The summed E-state index contributed by atoms with van der Waals surface area (Å²) in [6, 6.07) is 5.90. The van der Waals surface area contributed by atoms with Crippen LogP contribution in [-0.2, 0) is 11.3 Å². The number of hydrogen-bond acceptors (Lipinski definition) is 4. The van der Waals surface area contributed by atoms with E-state index in [4.69, 9.17) is 14.3 Å². The van der Waals surface area contributed by atoms with Gasteiger partial charge in [0.25, 0.3) is 0 Å². The van der Waals surface area contributed by atoms with Crippen LogP contribution in [0.1, 0.15) is 16.1 Å². The molecule has 1 aromatic heterocycles. The minimum atomic E-state index is -1.26. The van der Waals surface area contributed by atoms with Crippen LogP contribution in [0.3, 0.4) is 0 Å². The second kappa shape index (κ2) is 4.39. The lowest BCUT2D eigenvalue weighted by atomic mass is 10.1. The zero-order valence-corrected chi connectivity index (χ0v) is 9.10. The monoisotopic (exact) mass is 234 g/mol. The number of carboxylic acids is 1. The van der Waals surface area contributed by atoms with Crippen LogP contribution in [0.2, 0.25) is 0 Å². The Bertz CT molecular complexity index is 626. The first-order valence-electron chi connectivity index (χ1n) is 4.91. The standard InChI is InChI=1S/C12H10O5/c1-16-6-7-2-3-10-8(4-7)9(13)5-11(17-10)12(14)15/h2-5H,6H2,1H3,(H,14,15). The fourth-order valence-corrected chi connectivity index (χ4v) is 1.57. The van der Waals surface area contributed by atoms with E-state index in [0.29, 0.717) is 12.0 Å². The number of benzene rings is 1. The lowest BCUT2D eigenvalue weighted by Crippen LogP contribution is -2.06. The van der Waals surface area contributed by atoms with Crippen LogP contribution < -0.4 is 5.43 Å². The van der Waals surface area contributed by atoms with Gasteiger partial charge in [0.2, 0.25) is 5.76 Å². The highest BCUT2D eigenvalue weighted by Gasteiger charge is 2.10. The number of hydrogen-bond donors (Lipinski definition) is 1. The second-order valence-corrected chi connectivity index (χ2v) is 3.54. The maximum absolute atomic E-state index is 11.7. The molecular formula is C12H10O5. The van der Waals surface area contributed by atoms with Crippen LogP contribution in [0.5, 0.6) is 0 Å².